The largest absolute Gasteiger partial charge is 0.274 e. The van der Waals surface area contributed by atoms with Crippen LogP contribution in [0.1, 0.15) is 52.6 Å². The van der Waals surface area contributed by atoms with Crippen molar-refractivity contribution in [2.75, 3.05) is 13.1 Å². The van der Waals surface area contributed by atoms with E-state index < -0.39 is 23.6 Å². The number of carbonyl (C=O) groups excluding carboxylic acids is 4. The van der Waals surface area contributed by atoms with E-state index in [0.717, 1.165) is 34.7 Å². The molecule has 52 heavy (non-hydrogen) atoms. The van der Waals surface area contributed by atoms with Crippen molar-refractivity contribution < 1.29 is 19.2 Å². The number of thiocyanates is 2. The first-order valence-corrected chi connectivity index (χ1v) is 18.2. The first kappa shape index (κ1) is 31.8. The third kappa shape index (κ3) is 4.62. The number of carbonyl (C=O) groups is 4. The molecule has 0 unspecified atom stereocenters. The fourth-order valence-corrected chi connectivity index (χ4v) is 9.11. The van der Waals surface area contributed by atoms with Gasteiger partial charge >= 0.3 is 0 Å². The molecule has 4 amide bonds. The average molecular weight is 713 g/mol. The van der Waals surface area contributed by atoms with Crippen LogP contribution in [0.5, 0.6) is 0 Å². The molecular formula is C42H24N4O4S2. The highest BCUT2D eigenvalue weighted by atomic mass is 32.2. The number of hydrogen-bond acceptors (Lipinski definition) is 8. The van der Waals surface area contributed by atoms with Gasteiger partial charge in [0.15, 0.2) is 0 Å². The van der Waals surface area contributed by atoms with Gasteiger partial charge in [-0.15, -0.1) is 0 Å². The van der Waals surface area contributed by atoms with Gasteiger partial charge in [-0.25, -0.2) is 0 Å². The van der Waals surface area contributed by atoms with Crippen LogP contribution in [0.2, 0.25) is 0 Å². The number of nitriles is 2. The van der Waals surface area contributed by atoms with E-state index in [1.807, 2.05) is 72.8 Å². The van der Waals surface area contributed by atoms with Crippen molar-refractivity contribution >= 4 is 90.2 Å². The maximum absolute atomic E-state index is 14.2. The minimum atomic E-state index is -0.439. The number of hydrogen-bond donors (Lipinski definition) is 0. The lowest BCUT2D eigenvalue weighted by Gasteiger charge is -2.31. The summed E-state index contributed by atoms with van der Waals surface area (Å²) in [5, 5.41) is 29.2. The Balaban J connectivity index is 1.29. The number of amides is 4. The summed E-state index contributed by atoms with van der Waals surface area (Å²) in [5.41, 5.74) is 3.39. The van der Waals surface area contributed by atoms with Crippen LogP contribution >= 0.6 is 23.5 Å². The van der Waals surface area contributed by atoms with E-state index in [-0.39, 0.29) is 13.1 Å². The molecule has 8 nitrogen and oxygen atoms in total. The molecule has 10 heteroatoms. The lowest BCUT2D eigenvalue weighted by atomic mass is 9.82. The normalized spacial score (nSPS) is 13.9. The topological polar surface area (TPSA) is 122 Å². The van der Waals surface area contributed by atoms with Gasteiger partial charge in [0.25, 0.3) is 23.6 Å². The Kier molecular flexibility index (Phi) is 7.47. The number of imide groups is 2. The van der Waals surface area contributed by atoms with E-state index in [1.165, 1.54) is 9.80 Å². The van der Waals surface area contributed by atoms with Gasteiger partial charge in [-0.1, -0.05) is 72.8 Å². The molecule has 0 atom stereocenters. The van der Waals surface area contributed by atoms with Crippen LogP contribution in [0.15, 0.2) is 107 Å². The van der Waals surface area contributed by atoms with Crippen LogP contribution in [0.25, 0.3) is 43.1 Å². The number of fused-ring (bicyclic) bond motifs is 2. The zero-order chi connectivity index (χ0) is 35.7. The second-order valence-electron chi connectivity index (χ2n) is 12.8. The van der Waals surface area contributed by atoms with Gasteiger partial charge in [0.1, 0.15) is 10.8 Å². The van der Waals surface area contributed by atoms with Gasteiger partial charge in [0.2, 0.25) is 0 Å². The molecule has 0 radical (unpaired) electrons. The van der Waals surface area contributed by atoms with Crippen LogP contribution in [0, 0.1) is 21.3 Å². The van der Waals surface area contributed by atoms with Crippen molar-refractivity contribution in [3.8, 4) is 10.8 Å². The molecule has 0 saturated carbocycles. The van der Waals surface area contributed by atoms with Gasteiger partial charge in [0.05, 0.1) is 0 Å². The Hall–Kier alpha value is -6.20. The Bertz CT molecular complexity index is 2610. The zero-order valence-electron chi connectivity index (χ0n) is 27.3. The summed E-state index contributed by atoms with van der Waals surface area (Å²) in [4.78, 5) is 60.1. The summed E-state index contributed by atoms with van der Waals surface area (Å²) in [6, 6.07) is 29.8. The van der Waals surface area contributed by atoms with Crippen molar-refractivity contribution in [3.05, 3.63) is 130 Å². The molecule has 0 spiro atoms. The lowest BCUT2D eigenvalue weighted by molar-refractivity contribution is 0.0596. The molecular weight excluding hydrogens is 689 g/mol. The van der Waals surface area contributed by atoms with E-state index in [0.29, 0.717) is 88.0 Å². The maximum atomic E-state index is 14.2. The SMILES string of the molecule is N#CSc1cc2c3c(ccc4c5c(SC#N)cc6c7c(ccc(c1c34)c75)C(=O)N(CCc1ccccc1)C6=O)C(=O)N(CCc1ccccc1)C2=O. The Morgan fingerprint density at radius 2 is 0.846 bits per heavy atom. The quantitative estimate of drug-likeness (QED) is 0.0505. The molecule has 0 saturated heterocycles. The molecule has 2 aliphatic rings. The summed E-state index contributed by atoms with van der Waals surface area (Å²) in [6.45, 7) is 0.377. The monoisotopic (exact) mass is 712 g/mol. The van der Waals surface area contributed by atoms with E-state index in [4.69, 9.17) is 0 Å². The molecule has 248 valence electrons. The molecule has 7 aromatic rings. The molecule has 2 heterocycles. The smallest absolute Gasteiger partial charge is 0.261 e. The zero-order valence-corrected chi connectivity index (χ0v) is 28.9. The standard InChI is InChI=1S/C42H24N4O4S2/c43-21-51-31-19-29-33-27(39(47)45(41(29)49)17-15-23-7-3-1-4-8-23)13-11-25-36-32(52-22-44)20-30-34-28(14-12-26(38(34)36)35(31)37(25)33)40(48)46(42(30)50)18-16-24-9-5-2-6-10-24/h1-14,19-20H,15-18H2. The second kappa shape index (κ2) is 12.2. The van der Waals surface area contributed by atoms with Gasteiger partial charge < -0.3 is 0 Å². The fraction of sp³-hybridized carbons (Fsp3) is 0.0952. The molecule has 0 aliphatic carbocycles. The van der Waals surface area contributed by atoms with E-state index in [9.17, 15) is 29.7 Å². The predicted molar refractivity (Wildman–Crippen MR) is 202 cm³/mol. The number of nitrogens with zero attached hydrogens (tertiary/aromatic N) is 4. The van der Waals surface area contributed by atoms with Crippen molar-refractivity contribution in [1.82, 2.24) is 9.80 Å². The highest BCUT2D eigenvalue weighted by Crippen LogP contribution is 2.51. The van der Waals surface area contributed by atoms with Crippen molar-refractivity contribution in [2.24, 2.45) is 0 Å². The fourth-order valence-electron chi connectivity index (χ4n) is 7.93. The van der Waals surface area contributed by atoms with Gasteiger partial charge in [-0.2, -0.15) is 10.5 Å². The van der Waals surface area contributed by atoms with Crippen molar-refractivity contribution in [1.29, 1.82) is 10.5 Å². The summed E-state index contributed by atoms with van der Waals surface area (Å²) in [6.07, 6.45) is 0.978. The highest BCUT2D eigenvalue weighted by Gasteiger charge is 2.38. The number of benzene rings is 7. The molecule has 0 fully saturated rings. The Morgan fingerprint density at radius 1 is 0.462 bits per heavy atom. The molecule has 9 rings (SSSR count). The first-order chi connectivity index (χ1) is 25.4. The maximum Gasteiger partial charge on any atom is 0.261 e. The van der Waals surface area contributed by atoms with E-state index in [2.05, 4.69) is 10.8 Å². The third-order valence-corrected chi connectivity index (χ3v) is 11.4. The Labute approximate surface area is 305 Å². The van der Waals surface area contributed by atoms with E-state index in [1.54, 1.807) is 24.3 Å². The van der Waals surface area contributed by atoms with Gasteiger partial charge in [0, 0.05) is 77.5 Å². The lowest BCUT2D eigenvalue weighted by Crippen LogP contribution is -2.41. The van der Waals surface area contributed by atoms with Crippen LogP contribution in [0.4, 0.5) is 0 Å². The minimum Gasteiger partial charge on any atom is -0.274 e. The van der Waals surface area contributed by atoms with E-state index >= 15 is 0 Å². The van der Waals surface area contributed by atoms with Crippen LogP contribution in [-0.2, 0) is 12.8 Å². The van der Waals surface area contributed by atoms with Crippen LogP contribution in [0.3, 0.4) is 0 Å². The molecule has 0 bridgehead atoms. The first-order valence-electron chi connectivity index (χ1n) is 16.6. The average Bonchev–Trinajstić information content (AvgIpc) is 3.17. The third-order valence-electron chi connectivity index (χ3n) is 10.2. The molecule has 0 N–H and O–H groups in total. The summed E-state index contributed by atoms with van der Waals surface area (Å²) >= 11 is 1.83. The molecule has 2 aliphatic heterocycles. The van der Waals surface area contributed by atoms with Crippen molar-refractivity contribution in [2.45, 2.75) is 22.6 Å². The van der Waals surface area contributed by atoms with Gasteiger partial charge in [-0.3, -0.25) is 29.0 Å². The number of thioether (sulfide) groups is 2. The van der Waals surface area contributed by atoms with Crippen LogP contribution in [-0.4, -0.2) is 46.5 Å². The van der Waals surface area contributed by atoms with Crippen LogP contribution < -0.4 is 0 Å². The second-order valence-corrected chi connectivity index (χ2v) is 14.5. The molecule has 7 aromatic carbocycles. The highest BCUT2D eigenvalue weighted by molar-refractivity contribution is 8.04. The summed E-state index contributed by atoms with van der Waals surface area (Å²) in [5.74, 6) is -1.68. The predicted octanol–water partition coefficient (Wildman–Crippen LogP) is 8.56. The summed E-state index contributed by atoms with van der Waals surface area (Å²) < 4.78 is 0. The molecule has 0 aromatic heterocycles. The minimum absolute atomic E-state index is 0.188. The van der Waals surface area contributed by atoms with Crippen molar-refractivity contribution in [3.63, 3.8) is 0 Å². The summed E-state index contributed by atoms with van der Waals surface area (Å²) in [7, 11) is 0. The Morgan fingerprint density at radius 3 is 1.23 bits per heavy atom. The number of rotatable bonds is 8. The van der Waals surface area contributed by atoms with Gasteiger partial charge in [-0.05, 0) is 82.5 Å².